The van der Waals surface area contributed by atoms with Gasteiger partial charge in [-0.25, -0.2) is 4.79 Å². The van der Waals surface area contributed by atoms with Gasteiger partial charge in [0.2, 0.25) is 0 Å². The monoisotopic (exact) mass is 238 g/mol. The summed E-state index contributed by atoms with van der Waals surface area (Å²) in [6, 6.07) is 6.80. The molecule has 84 valence electrons. The summed E-state index contributed by atoms with van der Waals surface area (Å²) in [5.74, 6) is -0.968. The highest BCUT2D eigenvalue weighted by Crippen LogP contribution is 2.13. The van der Waals surface area contributed by atoms with Crippen molar-refractivity contribution in [1.82, 2.24) is 0 Å². The molecule has 0 aliphatic heterocycles. The fourth-order valence-electron chi connectivity index (χ4n) is 1.14. The fourth-order valence-corrected chi connectivity index (χ4v) is 1.27. The van der Waals surface area contributed by atoms with Crippen LogP contribution in [0.5, 0.6) is 0 Å². The molecule has 0 atom stereocenters. The Hall–Kier alpha value is -1.61. The van der Waals surface area contributed by atoms with E-state index in [1.165, 1.54) is 20.1 Å². The molecule has 0 amide bonds. The number of esters is 1. The first kappa shape index (κ1) is 12.5. The molecule has 0 N–H and O–H groups in total. The van der Waals surface area contributed by atoms with Crippen molar-refractivity contribution in [1.29, 1.82) is 0 Å². The first-order valence-electron chi connectivity index (χ1n) is 4.61. The zero-order valence-electron chi connectivity index (χ0n) is 8.99. The molecular formula is C12H11ClO3. The topological polar surface area (TPSA) is 43.4 Å². The Morgan fingerprint density at radius 3 is 2.25 bits per heavy atom. The molecule has 0 saturated carbocycles. The second-order valence-corrected chi connectivity index (χ2v) is 3.59. The normalized spacial score (nSPS) is 11.1. The van der Waals surface area contributed by atoms with Gasteiger partial charge in [-0.05, 0) is 30.7 Å². The summed E-state index contributed by atoms with van der Waals surface area (Å²) in [5.41, 5.74) is 0.741. The van der Waals surface area contributed by atoms with Gasteiger partial charge in [0.25, 0.3) is 0 Å². The van der Waals surface area contributed by atoms with Crippen molar-refractivity contribution in [3.63, 3.8) is 0 Å². The second kappa shape index (κ2) is 5.47. The lowest BCUT2D eigenvalue weighted by Gasteiger charge is -2.01. The summed E-state index contributed by atoms with van der Waals surface area (Å²) in [5, 5.41) is 0.597. The summed E-state index contributed by atoms with van der Waals surface area (Å²) in [4.78, 5) is 22.5. The number of carbonyl (C=O) groups is 2. The highest BCUT2D eigenvalue weighted by atomic mass is 35.5. The predicted octanol–water partition coefficient (Wildman–Crippen LogP) is 2.49. The number of methoxy groups -OCH3 is 1. The highest BCUT2D eigenvalue weighted by molar-refractivity contribution is 6.30. The molecule has 0 radical (unpaired) electrons. The number of ether oxygens (including phenoxy) is 1. The lowest BCUT2D eigenvalue weighted by atomic mass is 10.1. The Balaban J connectivity index is 3.07. The lowest BCUT2D eigenvalue weighted by Crippen LogP contribution is -2.11. The van der Waals surface area contributed by atoms with Crippen molar-refractivity contribution in [3.8, 4) is 0 Å². The van der Waals surface area contributed by atoms with Crippen molar-refractivity contribution in [3.05, 3.63) is 40.4 Å². The smallest absolute Gasteiger partial charge is 0.341 e. The van der Waals surface area contributed by atoms with Crippen LogP contribution in [-0.2, 0) is 14.3 Å². The number of rotatable bonds is 3. The Bertz CT molecular complexity index is 432. The minimum absolute atomic E-state index is 0.0184. The molecule has 3 nitrogen and oxygen atoms in total. The van der Waals surface area contributed by atoms with Crippen molar-refractivity contribution < 1.29 is 14.3 Å². The van der Waals surface area contributed by atoms with Crippen LogP contribution in [0.4, 0.5) is 0 Å². The van der Waals surface area contributed by atoms with Gasteiger partial charge in [0, 0.05) is 5.02 Å². The number of carbonyl (C=O) groups excluding carboxylic acids is 2. The third-order valence-electron chi connectivity index (χ3n) is 1.97. The van der Waals surface area contributed by atoms with E-state index in [-0.39, 0.29) is 11.4 Å². The van der Waals surface area contributed by atoms with Crippen LogP contribution in [-0.4, -0.2) is 18.9 Å². The summed E-state index contributed by atoms with van der Waals surface area (Å²) in [6.07, 6.45) is 1.48. The molecule has 1 aromatic carbocycles. The minimum Gasteiger partial charge on any atom is -0.465 e. The van der Waals surface area contributed by atoms with Crippen LogP contribution in [0.15, 0.2) is 29.8 Å². The van der Waals surface area contributed by atoms with Crippen LogP contribution in [0.3, 0.4) is 0 Å². The number of Topliss-reactive ketones (excluding diaryl/α,β-unsaturated/α-hetero) is 1. The third kappa shape index (κ3) is 3.21. The van der Waals surface area contributed by atoms with E-state index in [2.05, 4.69) is 4.74 Å². The van der Waals surface area contributed by atoms with Gasteiger partial charge in [0.15, 0.2) is 5.78 Å². The highest BCUT2D eigenvalue weighted by Gasteiger charge is 2.14. The maximum absolute atomic E-state index is 11.3. The Morgan fingerprint density at radius 1 is 1.25 bits per heavy atom. The number of ketones is 1. The fraction of sp³-hybridized carbons (Fsp3) is 0.167. The Kier molecular flexibility index (Phi) is 4.26. The van der Waals surface area contributed by atoms with Gasteiger partial charge in [-0.15, -0.1) is 0 Å². The van der Waals surface area contributed by atoms with Crippen molar-refractivity contribution in [2.75, 3.05) is 7.11 Å². The zero-order valence-corrected chi connectivity index (χ0v) is 9.75. The van der Waals surface area contributed by atoms with Crippen LogP contribution in [0.25, 0.3) is 6.08 Å². The van der Waals surface area contributed by atoms with Crippen molar-refractivity contribution >= 4 is 29.4 Å². The Morgan fingerprint density at radius 2 is 1.81 bits per heavy atom. The predicted molar refractivity (Wildman–Crippen MR) is 62.1 cm³/mol. The summed E-state index contributed by atoms with van der Waals surface area (Å²) in [7, 11) is 1.24. The van der Waals surface area contributed by atoms with Gasteiger partial charge < -0.3 is 4.74 Å². The maximum Gasteiger partial charge on any atom is 0.341 e. The summed E-state index contributed by atoms with van der Waals surface area (Å²) in [6.45, 7) is 1.32. The molecule has 16 heavy (non-hydrogen) atoms. The van der Waals surface area contributed by atoms with E-state index in [1.807, 2.05) is 0 Å². The maximum atomic E-state index is 11.3. The van der Waals surface area contributed by atoms with E-state index < -0.39 is 5.97 Å². The summed E-state index contributed by atoms with van der Waals surface area (Å²) >= 11 is 5.72. The number of hydrogen-bond donors (Lipinski definition) is 0. The van der Waals surface area contributed by atoms with Crippen LogP contribution < -0.4 is 0 Å². The SMILES string of the molecule is COC(=O)C(=Cc1ccc(Cl)cc1)C(C)=O. The molecular weight excluding hydrogens is 228 g/mol. The van der Waals surface area contributed by atoms with Crippen LogP contribution in [0.1, 0.15) is 12.5 Å². The molecule has 0 heterocycles. The van der Waals surface area contributed by atoms with E-state index in [9.17, 15) is 9.59 Å². The van der Waals surface area contributed by atoms with E-state index in [1.54, 1.807) is 24.3 Å². The molecule has 0 aliphatic rings. The molecule has 4 heteroatoms. The van der Waals surface area contributed by atoms with Crippen LogP contribution in [0, 0.1) is 0 Å². The van der Waals surface area contributed by atoms with E-state index in [4.69, 9.17) is 11.6 Å². The molecule has 0 bridgehead atoms. The quantitative estimate of drug-likeness (QED) is 0.352. The molecule has 1 rings (SSSR count). The number of hydrogen-bond acceptors (Lipinski definition) is 3. The van der Waals surface area contributed by atoms with Gasteiger partial charge in [0.1, 0.15) is 5.57 Å². The Labute approximate surface area is 98.7 Å². The van der Waals surface area contributed by atoms with Gasteiger partial charge in [-0.3, -0.25) is 4.79 Å². The standard InChI is InChI=1S/C12H11ClO3/c1-8(14)11(12(15)16-2)7-9-3-5-10(13)6-4-9/h3-7H,1-2H3. The molecule has 0 fully saturated rings. The van der Waals surface area contributed by atoms with Crippen LogP contribution in [0.2, 0.25) is 5.02 Å². The molecule has 0 unspecified atom stereocenters. The molecule has 0 saturated heterocycles. The van der Waals surface area contributed by atoms with Gasteiger partial charge in [-0.1, -0.05) is 23.7 Å². The van der Waals surface area contributed by atoms with Crippen LogP contribution >= 0.6 is 11.6 Å². The third-order valence-corrected chi connectivity index (χ3v) is 2.22. The largest absolute Gasteiger partial charge is 0.465 e. The molecule has 0 aliphatic carbocycles. The average Bonchev–Trinajstić information content (AvgIpc) is 2.27. The lowest BCUT2D eigenvalue weighted by molar-refractivity contribution is -0.137. The molecule has 0 aromatic heterocycles. The van der Waals surface area contributed by atoms with Crippen molar-refractivity contribution in [2.24, 2.45) is 0 Å². The van der Waals surface area contributed by atoms with Gasteiger partial charge in [-0.2, -0.15) is 0 Å². The average molecular weight is 239 g/mol. The van der Waals surface area contributed by atoms with Crippen molar-refractivity contribution in [2.45, 2.75) is 6.92 Å². The number of halogens is 1. The molecule has 0 spiro atoms. The van der Waals surface area contributed by atoms with E-state index in [0.717, 1.165) is 5.56 Å². The van der Waals surface area contributed by atoms with Gasteiger partial charge >= 0.3 is 5.97 Å². The number of benzene rings is 1. The molecule has 1 aromatic rings. The minimum atomic E-state index is -0.637. The first-order valence-corrected chi connectivity index (χ1v) is 4.99. The van der Waals surface area contributed by atoms with Gasteiger partial charge in [0.05, 0.1) is 7.11 Å². The zero-order chi connectivity index (χ0) is 12.1. The first-order chi connectivity index (χ1) is 7.54. The van der Waals surface area contributed by atoms with E-state index >= 15 is 0 Å². The summed E-state index contributed by atoms with van der Waals surface area (Å²) < 4.78 is 4.52. The second-order valence-electron chi connectivity index (χ2n) is 3.16. The van der Waals surface area contributed by atoms with E-state index in [0.29, 0.717) is 5.02 Å².